The van der Waals surface area contributed by atoms with E-state index in [2.05, 4.69) is 154 Å². The highest BCUT2D eigenvalue weighted by Crippen LogP contribution is 2.37. The first-order valence-corrected chi connectivity index (χ1v) is 14.3. The predicted molar refractivity (Wildman–Crippen MR) is 176 cm³/mol. The first-order chi connectivity index (χ1) is 20.8. The van der Waals surface area contributed by atoms with Crippen molar-refractivity contribution >= 4 is 54.3 Å². The molecule has 0 amide bonds. The van der Waals surface area contributed by atoms with Crippen molar-refractivity contribution in [1.82, 2.24) is 14.1 Å². The van der Waals surface area contributed by atoms with Crippen molar-refractivity contribution < 1.29 is 0 Å². The second-order valence-corrected chi connectivity index (χ2v) is 11.0. The summed E-state index contributed by atoms with van der Waals surface area (Å²) < 4.78 is 4.67. The molecule has 6 aromatic carbocycles. The van der Waals surface area contributed by atoms with E-state index in [-0.39, 0.29) is 0 Å². The molecule has 3 heteroatoms. The molecule has 0 unspecified atom stereocenters. The largest absolute Gasteiger partial charge is 0.317 e. The summed E-state index contributed by atoms with van der Waals surface area (Å²) in [5, 5.41) is 8.64. The number of hydrogen-bond acceptors (Lipinski definition) is 1. The van der Waals surface area contributed by atoms with E-state index in [1.165, 1.54) is 60.1 Å². The summed E-state index contributed by atoms with van der Waals surface area (Å²) in [7, 11) is 0. The SMILES string of the molecule is c1ccc(-n2c3ccccc3c3cc4cc5ccn(-c6ccc(-c7cncc8ccccc78)cc6)c5cc4cc32)cc1. The van der Waals surface area contributed by atoms with Crippen LogP contribution in [-0.2, 0) is 0 Å². The van der Waals surface area contributed by atoms with Crippen molar-refractivity contribution in [3.8, 4) is 22.5 Å². The van der Waals surface area contributed by atoms with Gasteiger partial charge >= 0.3 is 0 Å². The molecular formula is C39H25N3. The van der Waals surface area contributed by atoms with Gasteiger partial charge in [-0.2, -0.15) is 0 Å². The molecular weight excluding hydrogens is 510 g/mol. The topological polar surface area (TPSA) is 22.8 Å². The molecule has 42 heavy (non-hydrogen) atoms. The van der Waals surface area contributed by atoms with Crippen LogP contribution in [0.25, 0.3) is 76.8 Å². The molecule has 0 saturated heterocycles. The Morgan fingerprint density at radius 3 is 2.05 bits per heavy atom. The summed E-state index contributed by atoms with van der Waals surface area (Å²) >= 11 is 0. The third-order valence-corrected chi connectivity index (χ3v) is 8.58. The zero-order valence-electron chi connectivity index (χ0n) is 22.8. The molecule has 0 spiro atoms. The van der Waals surface area contributed by atoms with Crippen LogP contribution < -0.4 is 0 Å². The molecule has 196 valence electrons. The van der Waals surface area contributed by atoms with Crippen LogP contribution in [0.1, 0.15) is 0 Å². The fourth-order valence-electron chi connectivity index (χ4n) is 6.58. The van der Waals surface area contributed by atoms with E-state index in [9.17, 15) is 0 Å². The fourth-order valence-corrected chi connectivity index (χ4v) is 6.58. The Labute approximate surface area is 242 Å². The highest BCUT2D eigenvalue weighted by atomic mass is 15.0. The summed E-state index contributed by atoms with van der Waals surface area (Å²) in [5.74, 6) is 0. The van der Waals surface area contributed by atoms with Crippen molar-refractivity contribution in [3.63, 3.8) is 0 Å². The Hall–Kier alpha value is -5.67. The zero-order valence-corrected chi connectivity index (χ0v) is 22.8. The van der Waals surface area contributed by atoms with Gasteiger partial charge in [0.15, 0.2) is 0 Å². The van der Waals surface area contributed by atoms with E-state index >= 15 is 0 Å². The number of aromatic nitrogens is 3. The quantitative estimate of drug-likeness (QED) is 0.221. The molecule has 0 saturated carbocycles. The van der Waals surface area contributed by atoms with E-state index in [0.717, 1.165) is 16.6 Å². The maximum absolute atomic E-state index is 4.49. The number of fused-ring (bicyclic) bond motifs is 6. The molecule has 0 atom stereocenters. The molecule has 0 N–H and O–H groups in total. The predicted octanol–water partition coefficient (Wildman–Crippen LogP) is 10.1. The van der Waals surface area contributed by atoms with Crippen LogP contribution in [0.5, 0.6) is 0 Å². The van der Waals surface area contributed by atoms with Gasteiger partial charge < -0.3 is 9.13 Å². The van der Waals surface area contributed by atoms with Crippen molar-refractivity contribution in [3.05, 3.63) is 152 Å². The Kier molecular flexibility index (Phi) is 4.90. The Bertz CT molecular complexity index is 2440. The number of nitrogens with zero attached hydrogens (tertiary/aromatic N) is 3. The van der Waals surface area contributed by atoms with E-state index in [0.29, 0.717) is 0 Å². The fraction of sp³-hybridized carbons (Fsp3) is 0. The van der Waals surface area contributed by atoms with Crippen LogP contribution in [0.4, 0.5) is 0 Å². The minimum absolute atomic E-state index is 1.14. The molecule has 0 bridgehead atoms. The molecule has 0 aliphatic rings. The lowest BCUT2D eigenvalue weighted by atomic mass is 10.0. The van der Waals surface area contributed by atoms with Gasteiger partial charge in [-0.15, -0.1) is 0 Å². The lowest BCUT2D eigenvalue weighted by molar-refractivity contribution is 1.13. The van der Waals surface area contributed by atoms with Crippen molar-refractivity contribution in [1.29, 1.82) is 0 Å². The lowest BCUT2D eigenvalue weighted by Gasteiger charge is -2.10. The summed E-state index contributed by atoms with van der Waals surface area (Å²) in [5.41, 5.74) is 8.28. The maximum atomic E-state index is 4.49. The van der Waals surface area contributed by atoms with E-state index < -0.39 is 0 Å². The first kappa shape index (κ1) is 23.1. The monoisotopic (exact) mass is 535 g/mol. The number of pyridine rings is 1. The maximum Gasteiger partial charge on any atom is 0.0547 e. The van der Waals surface area contributed by atoms with Crippen molar-refractivity contribution in [2.45, 2.75) is 0 Å². The molecule has 0 aliphatic carbocycles. The molecule has 0 aliphatic heterocycles. The van der Waals surface area contributed by atoms with Gasteiger partial charge in [0.05, 0.1) is 16.6 Å². The second kappa shape index (κ2) is 8.92. The Balaban J connectivity index is 1.20. The van der Waals surface area contributed by atoms with E-state index in [4.69, 9.17) is 0 Å². The summed E-state index contributed by atoms with van der Waals surface area (Å²) in [6, 6.07) is 48.2. The molecule has 3 aromatic heterocycles. The summed E-state index contributed by atoms with van der Waals surface area (Å²) in [6.07, 6.45) is 6.07. The third kappa shape index (κ3) is 3.44. The van der Waals surface area contributed by atoms with Gasteiger partial charge in [-0.25, -0.2) is 0 Å². The van der Waals surface area contributed by atoms with Crippen LogP contribution in [0, 0.1) is 0 Å². The van der Waals surface area contributed by atoms with Crippen LogP contribution in [-0.4, -0.2) is 14.1 Å². The van der Waals surface area contributed by atoms with Gasteiger partial charge in [-0.05, 0) is 82.4 Å². The van der Waals surface area contributed by atoms with Gasteiger partial charge in [0.2, 0.25) is 0 Å². The lowest BCUT2D eigenvalue weighted by Crippen LogP contribution is -1.93. The van der Waals surface area contributed by atoms with Crippen molar-refractivity contribution in [2.24, 2.45) is 0 Å². The van der Waals surface area contributed by atoms with Crippen LogP contribution in [0.15, 0.2) is 152 Å². The van der Waals surface area contributed by atoms with Crippen LogP contribution >= 0.6 is 0 Å². The smallest absolute Gasteiger partial charge is 0.0547 e. The minimum atomic E-state index is 1.14. The molecule has 3 nitrogen and oxygen atoms in total. The third-order valence-electron chi connectivity index (χ3n) is 8.58. The number of para-hydroxylation sites is 2. The summed E-state index contributed by atoms with van der Waals surface area (Å²) in [6.45, 7) is 0. The van der Waals surface area contributed by atoms with Gasteiger partial charge in [0.1, 0.15) is 0 Å². The van der Waals surface area contributed by atoms with Gasteiger partial charge in [0.25, 0.3) is 0 Å². The number of hydrogen-bond donors (Lipinski definition) is 0. The highest BCUT2D eigenvalue weighted by molar-refractivity contribution is 6.15. The van der Waals surface area contributed by atoms with Gasteiger partial charge in [-0.1, -0.05) is 72.8 Å². The average Bonchev–Trinajstić information content (AvgIpc) is 3.61. The molecule has 9 rings (SSSR count). The van der Waals surface area contributed by atoms with Gasteiger partial charge in [0, 0.05) is 57.1 Å². The molecule has 9 aromatic rings. The Morgan fingerprint density at radius 1 is 0.429 bits per heavy atom. The molecule has 0 radical (unpaired) electrons. The zero-order chi connectivity index (χ0) is 27.6. The highest BCUT2D eigenvalue weighted by Gasteiger charge is 2.14. The average molecular weight is 536 g/mol. The van der Waals surface area contributed by atoms with Crippen molar-refractivity contribution in [2.75, 3.05) is 0 Å². The number of benzene rings is 6. The summed E-state index contributed by atoms with van der Waals surface area (Å²) in [4.78, 5) is 4.49. The number of rotatable bonds is 3. The molecule has 0 fully saturated rings. The second-order valence-electron chi connectivity index (χ2n) is 11.0. The minimum Gasteiger partial charge on any atom is -0.317 e. The Morgan fingerprint density at radius 2 is 1.17 bits per heavy atom. The standard InChI is InChI=1S/C39H25N3/c1-2-9-32(10-3-1)42-37-13-7-6-12-34(37)35-21-29-20-27-18-19-41(38(27)22-30(29)23-39(35)42)31-16-14-26(15-17-31)36-25-40-24-28-8-4-5-11-33(28)36/h1-25H. The van der Waals surface area contributed by atoms with Crippen LogP contribution in [0.3, 0.4) is 0 Å². The van der Waals surface area contributed by atoms with E-state index in [1.54, 1.807) is 0 Å². The van der Waals surface area contributed by atoms with E-state index in [1.807, 2.05) is 12.4 Å². The van der Waals surface area contributed by atoms with Gasteiger partial charge in [-0.3, -0.25) is 4.98 Å². The van der Waals surface area contributed by atoms with Crippen LogP contribution in [0.2, 0.25) is 0 Å². The first-order valence-electron chi connectivity index (χ1n) is 14.3. The normalized spacial score (nSPS) is 11.8. The molecule has 3 heterocycles.